The summed E-state index contributed by atoms with van der Waals surface area (Å²) < 4.78 is 4.47. The maximum atomic E-state index is 4.87. The largest absolute Gasteiger partial charge is 0.291 e. The van der Waals surface area contributed by atoms with E-state index in [0.29, 0.717) is 0 Å². The van der Waals surface area contributed by atoms with Crippen molar-refractivity contribution < 1.29 is 0 Å². The Bertz CT molecular complexity index is 1550. The molecule has 150 valence electrons. The van der Waals surface area contributed by atoms with Crippen molar-refractivity contribution in [2.45, 2.75) is 0 Å². The molecular weight excluding hydrogens is 392 g/mol. The van der Waals surface area contributed by atoms with Crippen molar-refractivity contribution in [1.82, 2.24) is 19.1 Å². The van der Waals surface area contributed by atoms with Crippen LogP contribution >= 0.6 is 0 Å². The quantitative estimate of drug-likeness (QED) is 0.319. The Balaban J connectivity index is 1.66. The van der Waals surface area contributed by atoms with E-state index in [0.717, 1.165) is 33.7 Å². The zero-order valence-corrected chi connectivity index (χ0v) is 17.2. The SMILES string of the molecule is c1ccc2c(c1)c1ccccc1n2-c1nccnc1-n1c2ccccc2c2ccccc21. The maximum absolute atomic E-state index is 4.87. The summed E-state index contributed by atoms with van der Waals surface area (Å²) in [6.45, 7) is 0. The molecule has 0 aliphatic heterocycles. The van der Waals surface area contributed by atoms with Crippen molar-refractivity contribution in [1.29, 1.82) is 0 Å². The number of benzene rings is 4. The molecule has 7 aromatic rings. The third-order valence-electron chi connectivity index (χ3n) is 6.24. The summed E-state index contributed by atoms with van der Waals surface area (Å²) >= 11 is 0. The van der Waals surface area contributed by atoms with E-state index in [4.69, 9.17) is 9.97 Å². The van der Waals surface area contributed by atoms with Crippen molar-refractivity contribution in [2.24, 2.45) is 0 Å². The lowest BCUT2D eigenvalue weighted by atomic mass is 10.2. The van der Waals surface area contributed by atoms with Gasteiger partial charge in [-0.1, -0.05) is 72.8 Å². The van der Waals surface area contributed by atoms with Gasteiger partial charge in [-0.05, 0) is 24.3 Å². The van der Waals surface area contributed by atoms with Gasteiger partial charge < -0.3 is 0 Å². The zero-order valence-electron chi connectivity index (χ0n) is 17.2. The molecular formula is C28H18N4. The highest BCUT2D eigenvalue weighted by molar-refractivity contribution is 6.11. The maximum Gasteiger partial charge on any atom is 0.181 e. The molecule has 3 aromatic heterocycles. The fourth-order valence-corrected chi connectivity index (χ4v) is 4.94. The van der Waals surface area contributed by atoms with Gasteiger partial charge in [0.15, 0.2) is 11.6 Å². The highest BCUT2D eigenvalue weighted by atomic mass is 15.2. The summed E-state index contributed by atoms with van der Waals surface area (Å²) in [4.78, 5) is 9.74. The van der Waals surface area contributed by atoms with Gasteiger partial charge in [0.05, 0.1) is 22.1 Å². The van der Waals surface area contributed by atoms with Crippen LogP contribution in [0.25, 0.3) is 55.2 Å². The molecule has 0 radical (unpaired) electrons. The number of rotatable bonds is 2. The number of aromatic nitrogens is 4. The lowest BCUT2D eigenvalue weighted by molar-refractivity contribution is 0.968. The van der Waals surface area contributed by atoms with E-state index in [9.17, 15) is 0 Å². The molecule has 7 rings (SSSR count). The normalized spacial score (nSPS) is 11.8. The molecule has 3 heterocycles. The van der Waals surface area contributed by atoms with Crippen LogP contribution in [0.3, 0.4) is 0 Å². The summed E-state index contributed by atoms with van der Waals surface area (Å²) in [6, 6.07) is 34.0. The smallest absolute Gasteiger partial charge is 0.181 e. The fraction of sp³-hybridized carbons (Fsp3) is 0. The first-order valence-corrected chi connectivity index (χ1v) is 10.7. The molecule has 0 unspecified atom stereocenters. The van der Waals surface area contributed by atoms with Crippen LogP contribution in [0, 0.1) is 0 Å². The van der Waals surface area contributed by atoms with Crippen molar-refractivity contribution in [3.8, 4) is 11.6 Å². The second-order valence-electron chi connectivity index (χ2n) is 7.94. The lowest BCUT2D eigenvalue weighted by Gasteiger charge is -2.14. The van der Waals surface area contributed by atoms with E-state index >= 15 is 0 Å². The van der Waals surface area contributed by atoms with Crippen molar-refractivity contribution >= 4 is 43.6 Å². The van der Waals surface area contributed by atoms with Gasteiger partial charge in [0, 0.05) is 33.9 Å². The highest BCUT2D eigenvalue weighted by Crippen LogP contribution is 2.36. The van der Waals surface area contributed by atoms with Gasteiger partial charge in [-0.3, -0.25) is 9.13 Å². The van der Waals surface area contributed by atoms with Crippen molar-refractivity contribution in [3.63, 3.8) is 0 Å². The minimum atomic E-state index is 0.816. The summed E-state index contributed by atoms with van der Waals surface area (Å²) in [7, 11) is 0. The van der Waals surface area contributed by atoms with Gasteiger partial charge in [-0.25, -0.2) is 9.97 Å². The van der Waals surface area contributed by atoms with Gasteiger partial charge in [0.1, 0.15) is 0 Å². The van der Waals surface area contributed by atoms with E-state index in [2.05, 4.69) is 106 Å². The molecule has 0 saturated heterocycles. The van der Waals surface area contributed by atoms with E-state index in [1.165, 1.54) is 21.5 Å². The summed E-state index contributed by atoms with van der Waals surface area (Å²) in [5, 5.41) is 4.84. The third-order valence-corrected chi connectivity index (χ3v) is 6.24. The Morgan fingerprint density at radius 2 is 0.656 bits per heavy atom. The van der Waals surface area contributed by atoms with Crippen LogP contribution in [-0.4, -0.2) is 19.1 Å². The Labute approximate surface area is 184 Å². The van der Waals surface area contributed by atoms with E-state index in [1.807, 2.05) is 0 Å². The van der Waals surface area contributed by atoms with Gasteiger partial charge in [0.2, 0.25) is 0 Å². The number of hydrogen-bond donors (Lipinski definition) is 0. The molecule has 0 amide bonds. The summed E-state index contributed by atoms with van der Waals surface area (Å²) in [5.74, 6) is 1.63. The predicted octanol–water partition coefficient (Wildman–Crippen LogP) is 6.67. The Morgan fingerprint density at radius 3 is 0.969 bits per heavy atom. The molecule has 4 aromatic carbocycles. The van der Waals surface area contributed by atoms with Crippen LogP contribution in [0.2, 0.25) is 0 Å². The second kappa shape index (κ2) is 6.53. The highest BCUT2D eigenvalue weighted by Gasteiger charge is 2.20. The average Bonchev–Trinajstić information content (AvgIpc) is 3.37. The topological polar surface area (TPSA) is 35.6 Å². The van der Waals surface area contributed by atoms with E-state index in [-0.39, 0.29) is 0 Å². The third kappa shape index (κ3) is 2.26. The van der Waals surface area contributed by atoms with Crippen molar-refractivity contribution in [2.75, 3.05) is 0 Å². The minimum absolute atomic E-state index is 0.816. The Hall–Kier alpha value is -4.44. The molecule has 0 N–H and O–H groups in total. The first-order valence-electron chi connectivity index (χ1n) is 10.7. The van der Waals surface area contributed by atoms with Gasteiger partial charge in [-0.2, -0.15) is 0 Å². The minimum Gasteiger partial charge on any atom is -0.291 e. The molecule has 0 saturated carbocycles. The number of para-hydroxylation sites is 4. The molecule has 32 heavy (non-hydrogen) atoms. The molecule has 0 bridgehead atoms. The van der Waals surface area contributed by atoms with Gasteiger partial charge in [0.25, 0.3) is 0 Å². The first kappa shape index (κ1) is 17.3. The van der Waals surface area contributed by atoms with E-state index < -0.39 is 0 Å². The summed E-state index contributed by atoms with van der Waals surface area (Å²) in [6.07, 6.45) is 3.55. The standard InChI is InChI=1S/C28H18N4/c1-5-13-23-19(9-1)20-10-2-6-14-24(20)31(23)27-28(30-18-17-29-27)32-25-15-7-3-11-21(25)22-12-4-8-16-26(22)32/h1-18H. The number of hydrogen-bond acceptors (Lipinski definition) is 2. The van der Waals surface area contributed by atoms with Crippen LogP contribution in [-0.2, 0) is 0 Å². The molecule has 0 aliphatic rings. The van der Waals surface area contributed by atoms with Crippen molar-refractivity contribution in [3.05, 3.63) is 109 Å². The fourth-order valence-electron chi connectivity index (χ4n) is 4.94. The van der Waals surface area contributed by atoms with Crippen LogP contribution in [0.5, 0.6) is 0 Å². The van der Waals surface area contributed by atoms with E-state index in [1.54, 1.807) is 12.4 Å². The second-order valence-corrected chi connectivity index (χ2v) is 7.94. The predicted molar refractivity (Wildman–Crippen MR) is 131 cm³/mol. The Morgan fingerprint density at radius 1 is 0.375 bits per heavy atom. The van der Waals surface area contributed by atoms with Crippen LogP contribution < -0.4 is 0 Å². The van der Waals surface area contributed by atoms with Crippen LogP contribution in [0.1, 0.15) is 0 Å². The molecule has 4 heteroatoms. The molecule has 0 aliphatic carbocycles. The van der Waals surface area contributed by atoms with Crippen LogP contribution in [0.15, 0.2) is 109 Å². The zero-order chi connectivity index (χ0) is 21.1. The number of fused-ring (bicyclic) bond motifs is 6. The Kier molecular flexibility index (Phi) is 3.52. The van der Waals surface area contributed by atoms with Crippen LogP contribution in [0.4, 0.5) is 0 Å². The first-order chi connectivity index (χ1) is 15.9. The molecule has 0 atom stereocenters. The molecule has 0 spiro atoms. The lowest BCUT2D eigenvalue weighted by Crippen LogP contribution is -2.07. The molecule has 4 nitrogen and oxygen atoms in total. The average molecular weight is 410 g/mol. The molecule has 0 fully saturated rings. The monoisotopic (exact) mass is 410 g/mol. The van der Waals surface area contributed by atoms with Gasteiger partial charge >= 0.3 is 0 Å². The van der Waals surface area contributed by atoms with Gasteiger partial charge in [-0.15, -0.1) is 0 Å². The summed E-state index contributed by atoms with van der Waals surface area (Å²) in [5.41, 5.74) is 4.49. The number of nitrogens with zero attached hydrogens (tertiary/aromatic N) is 4.